The molecule has 146 valence electrons. The smallest absolute Gasteiger partial charge is 0.232 e. The van der Waals surface area contributed by atoms with E-state index in [0.717, 1.165) is 10.9 Å². The zero-order chi connectivity index (χ0) is 19.7. The van der Waals surface area contributed by atoms with E-state index in [2.05, 4.69) is 9.97 Å². The third-order valence-electron chi connectivity index (χ3n) is 4.99. The molecular formula is C21H23N3O4. The number of para-hydroxylation sites is 1. The van der Waals surface area contributed by atoms with Gasteiger partial charge in [-0.3, -0.25) is 4.98 Å². The summed E-state index contributed by atoms with van der Waals surface area (Å²) in [6, 6.07) is 11.6. The number of pyridine rings is 1. The Morgan fingerprint density at radius 2 is 1.86 bits per heavy atom. The zero-order valence-corrected chi connectivity index (χ0v) is 15.7. The molecule has 1 aliphatic rings. The van der Waals surface area contributed by atoms with E-state index in [1.807, 2.05) is 50.2 Å². The maximum absolute atomic E-state index is 10.8. The molecule has 7 nitrogen and oxygen atoms in total. The number of fused-ring (bicyclic) bond motifs is 1. The third-order valence-corrected chi connectivity index (χ3v) is 4.99. The predicted molar refractivity (Wildman–Crippen MR) is 103 cm³/mol. The molecule has 0 radical (unpaired) electrons. The van der Waals surface area contributed by atoms with Crippen LogP contribution in [0.2, 0.25) is 0 Å². The minimum atomic E-state index is -1.17. The Labute approximate surface area is 163 Å². The molecule has 1 aromatic carbocycles. The molecule has 3 unspecified atom stereocenters. The van der Waals surface area contributed by atoms with E-state index >= 15 is 0 Å². The van der Waals surface area contributed by atoms with Gasteiger partial charge in [-0.05, 0) is 18.1 Å². The second kappa shape index (κ2) is 7.79. The van der Waals surface area contributed by atoms with Crippen molar-refractivity contribution in [2.75, 3.05) is 0 Å². The Morgan fingerprint density at radius 3 is 2.61 bits per heavy atom. The fourth-order valence-electron chi connectivity index (χ4n) is 3.54. The predicted octanol–water partition coefficient (Wildman–Crippen LogP) is 2.29. The summed E-state index contributed by atoms with van der Waals surface area (Å²) in [4.78, 5) is 12.8. The highest BCUT2D eigenvalue weighted by Gasteiger charge is 2.48. The highest BCUT2D eigenvalue weighted by molar-refractivity contribution is 5.78. The first kappa shape index (κ1) is 18.7. The number of aliphatic hydroxyl groups is 2. The van der Waals surface area contributed by atoms with Crippen molar-refractivity contribution in [3.05, 3.63) is 60.7 Å². The second-order valence-electron chi connectivity index (χ2n) is 7.30. The summed E-state index contributed by atoms with van der Waals surface area (Å²) in [5.74, 6) is 0.251. The molecule has 0 saturated carbocycles. The van der Waals surface area contributed by atoms with E-state index < -0.39 is 30.5 Å². The topological polar surface area (TPSA) is 97.6 Å². The van der Waals surface area contributed by atoms with Crippen LogP contribution in [-0.4, -0.2) is 49.6 Å². The van der Waals surface area contributed by atoms with Crippen LogP contribution >= 0.6 is 0 Å². The Morgan fingerprint density at radius 1 is 1.04 bits per heavy atom. The summed E-state index contributed by atoms with van der Waals surface area (Å²) in [5.41, 5.74) is 1.45. The number of aromatic nitrogens is 3. The van der Waals surface area contributed by atoms with Crippen LogP contribution in [0, 0.1) is 5.92 Å². The summed E-state index contributed by atoms with van der Waals surface area (Å²) >= 11 is 0. The summed E-state index contributed by atoms with van der Waals surface area (Å²) in [6.45, 7) is 3.88. The summed E-state index contributed by atoms with van der Waals surface area (Å²) < 4.78 is 12.1. The largest absolute Gasteiger partial charge is 0.467 e. The highest BCUT2D eigenvalue weighted by Crippen LogP contribution is 2.36. The van der Waals surface area contributed by atoms with E-state index in [4.69, 9.17) is 14.5 Å². The van der Waals surface area contributed by atoms with Gasteiger partial charge in [-0.2, -0.15) is 0 Å². The fourth-order valence-corrected chi connectivity index (χ4v) is 3.54. The van der Waals surface area contributed by atoms with Gasteiger partial charge in [0, 0.05) is 17.8 Å². The number of rotatable bonds is 4. The lowest BCUT2D eigenvalue weighted by atomic mass is 9.88. The van der Waals surface area contributed by atoms with Gasteiger partial charge >= 0.3 is 0 Å². The average molecular weight is 381 g/mol. The van der Waals surface area contributed by atoms with Gasteiger partial charge in [0.15, 0.2) is 6.10 Å². The number of ether oxygens (including phenoxy) is 2. The first-order valence-electron chi connectivity index (χ1n) is 9.34. The zero-order valence-electron chi connectivity index (χ0n) is 15.7. The van der Waals surface area contributed by atoms with E-state index in [9.17, 15) is 10.2 Å². The van der Waals surface area contributed by atoms with E-state index in [1.54, 1.807) is 0 Å². The second-order valence-corrected chi connectivity index (χ2v) is 7.30. The molecule has 3 aromatic rings. The summed E-state index contributed by atoms with van der Waals surface area (Å²) in [6.07, 6.45) is 0.148. The van der Waals surface area contributed by atoms with Gasteiger partial charge in [0.1, 0.15) is 18.3 Å². The van der Waals surface area contributed by atoms with E-state index in [1.165, 1.54) is 18.6 Å². The van der Waals surface area contributed by atoms with Gasteiger partial charge < -0.3 is 19.7 Å². The molecule has 5 atom stereocenters. The SMILES string of the molecule is CC(C)C1OC(c2ccc3ccccc3n2)C(Oc2cnccn2)[C@@H](O)[C@H]1O. The van der Waals surface area contributed by atoms with Crippen molar-refractivity contribution in [1.29, 1.82) is 0 Å². The van der Waals surface area contributed by atoms with Crippen LogP contribution in [0.3, 0.4) is 0 Å². The maximum Gasteiger partial charge on any atom is 0.232 e. The number of hydrogen-bond donors (Lipinski definition) is 2. The number of nitrogens with zero attached hydrogens (tertiary/aromatic N) is 3. The molecule has 0 aliphatic carbocycles. The number of benzene rings is 1. The Bertz CT molecular complexity index is 937. The molecular weight excluding hydrogens is 358 g/mol. The van der Waals surface area contributed by atoms with Crippen LogP contribution in [0.4, 0.5) is 0 Å². The van der Waals surface area contributed by atoms with Gasteiger partial charge in [0.05, 0.1) is 23.5 Å². The van der Waals surface area contributed by atoms with Crippen molar-refractivity contribution >= 4 is 10.9 Å². The van der Waals surface area contributed by atoms with Crippen LogP contribution in [0.15, 0.2) is 55.0 Å². The minimum absolute atomic E-state index is 0.00470. The summed E-state index contributed by atoms with van der Waals surface area (Å²) in [7, 11) is 0. The Balaban J connectivity index is 1.73. The average Bonchev–Trinajstić information content (AvgIpc) is 2.72. The van der Waals surface area contributed by atoms with E-state index in [-0.39, 0.29) is 11.8 Å². The van der Waals surface area contributed by atoms with Gasteiger partial charge in [-0.1, -0.05) is 38.1 Å². The number of aliphatic hydroxyl groups excluding tert-OH is 2. The molecule has 2 aromatic heterocycles. The van der Waals surface area contributed by atoms with Crippen molar-refractivity contribution in [2.45, 2.75) is 44.4 Å². The van der Waals surface area contributed by atoms with Crippen LogP contribution < -0.4 is 4.74 Å². The molecule has 2 N–H and O–H groups in total. The van der Waals surface area contributed by atoms with Crippen molar-refractivity contribution < 1.29 is 19.7 Å². The van der Waals surface area contributed by atoms with Gasteiger partial charge in [-0.25, -0.2) is 9.97 Å². The van der Waals surface area contributed by atoms with E-state index in [0.29, 0.717) is 5.69 Å². The van der Waals surface area contributed by atoms with Crippen LogP contribution in [0.1, 0.15) is 25.6 Å². The minimum Gasteiger partial charge on any atom is -0.467 e. The highest BCUT2D eigenvalue weighted by atomic mass is 16.6. The Hall–Kier alpha value is -2.61. The first-order valence-corrected chi connectivity index (χ1v) is 9.34. The van der Waals surface area contributed by atoms with Crippen molar-refractivity contribution in [2.24, 2.45) is 5.92 Å². The molecule has 28 heavy (non-hydrogen) atoms. The van der Waals surface area contributed by atoms with Crippen molar-refractivity contribution in [3.8, 4) is 5.88 Å². The normalized spacial score (nSPS) is 27.8. The number of hydrogen-bond acceptors (Lipinski definition) is 7. The third kappa shape index (κ3) is 3.56. The standard InChI is InChI=1S/C21H23N3O4/c1-12(2)19-17(25)18(26)21(27-16-11-22-9-10-23-16)20(28-19)15-8-7-13-5-3-4-6-14(13)24-15/h3-12,17-21,25-26H,1-2H3/t17-,18+,19?,20?,21?/m1/s1. The molecule has 3 heterocycles. The van der Waals surface area contributed by atoms with Crippen LogP contribution in [0.25, 0.3) is 10.9 Å². The molecule has 0 bridgehead atoms. The van der Waals surface area contributed by atoms with Gasteiger partial charge in [-0.15, -0.1) is 0 Å². The van der Waals surface area contributed by atoms with Crippen LogP contribution in [0.5, 0.6) is 5.88 Å². The summed E-state index contributed by atoms with van der Waals surface area (Å²) in [5, 5.41) is 22.4. The molecule has 4 rings (SSSR count). The molecule has 1 aliphatic heterocycles. The lowest BCUT2D eigenvalue weighted by Crippen LogP contribution is -2.57. The molecule has 7 heteroatoms. The monoisotopic (exact) mass is 381 g/mol. The fraction of sp³-hybridized carbons (Fsp3) is 0.381. The van der Waals surface area contributed by atoms with Crippen molar-refractivity contribution in [1.82, 2.24) is 15.0 Å². The first-order chi connectivity index (χ1) is 13.5. The molecule has 1 fully saturated rings. The lowest BCUT2D eigenvalue weighted by molar-refractivity contribution is -0.229. The quantitative estimate of drug-likeness (QED) is 0.715. The van der Waals surface area contributed by atoms with Crippen LogP contribution in [-0.2, 0) is 4.74 Å². The maximum atomic E-state index is 10.8. The molecule has 0 amide bonds. The lowest BCUT2D eigenvalue weighted by Gasteiger charge is -2.43. The van der Waals surface area contributed by atoms with Gasteiger partial charge in [0.2, 0.25) is 5.88 Å². The van der Waals surface area contributed by atoms with Gasteiger partial charge in [0.25, 0.3) is 0 Å². The molecule has 1 saturated heterocycles. The Kier molecular flexibility index (Phi) is 5.21. The molecule has 0 spiro atoms. The van der Waals surface area contributed by atoms with Crippen molar-refractivity contribution in [3.63, 3.8) is 0 Å².